The molecule has 0 bridgehead atoms. The van der Waals surface area contributed by atoms with E-state index < -0.39 is 0 Å². The SMILES string of the molecule is Cc1cc(C(=O)N(Cc2cccs2)C(C)C)ccc1O. The molecular formula is C16H19NO2S. The van der Waals surface area contributed by atoms with Crippen LogP contribution in [-0.2, 0) is 6.54 Å². The van der Waals surface area contributed by atoms with E-state index in [1.807, 2.05) is 36.3 Å². The molecule has 0 radical (unpaired) electrons. The fourth-order valence-corrected chi connectivity index (χ4v) is 2.72. The zero-order valence-electron chi connectivity index (χ0n) is 12.0. The quantitative estimate of drug-likeness (QED) is 0.929. The smallest absolute Gasteiger partial charge is 0.254 e. The Morgan fingerprint density at radius 3 is 2.65 bits per heavy atom. The summed E-state index contributed by atoms with van der Waals surface area (Å²) in [6.45, 7) is 6.44. The van der Waals surface area contributed by atoms with Gasteiger partial charge in [-0.25, -0.2) is 0 Å². The largest absolute Gasteiger partial charge is 0.508 e. The first-order valence-electron chi connectivity index (χ1n) is 6.62. The van der Waals surface area contributed by atoms with Gasteiger partial charge in [-0.05, 0) is 56.0 Å². The molecule has 0 saturated carbocycles. The summed E-state index contributed by atoms with van der Waals surface area (Å²) in [4.78, 5) is 15.6. The van der Waals surface area contributed by atoms with Crippen LogP contribution in [0.5, 0.6) is 5.75 Å². The van der Waals surface area contributed by atoms with Crippen LogP contribution < -0.4 is 0 Å². The lowest BCUT2D eigenvalue weighted by atomic mass is 10.1. The minimum atomic E-state index is -0.00324. The molecule has 1 heterocycles. The van der Waals surface area contributed by atoms with Gasteiger partial charge in [0.25, 0.3) is 5.91 Å². The third-order valence-electron chi connectivity index (χ3n) is 3.23. The Hall–Kier alpha value is -1.81. The van der Waals surface area contributed by atoms with E-state index in [0.717, 1.165) is 5.56 Å². The molecule has 2 rings (SSSR count). The van der Waals surface area contributed by atoms with Crippen molar-refractivity contribution < 1.29 is 9.90 Å². The van der Waals surface area contributed by atoms with Crippen molar-refractivity contribution in [3.63, 3.8) is 0 Å². The minimum absolute atomic E-state index is 0.00324. The molecule has 0 saturated heterocycles. The molecule has 1 amide bonds. The number of benzene rings is 1. The number of phenolic OH excluding ortho intramolecular Hbond substituents is 1. The number of amides is 1. The van der Waals surface area contributed by atoms with E-state index in [1.165, 1.54) is 4.88 Å². The number of aromatic hydroxyl groups is 1. The van der Waals surface area contributed by atoms with E-state index in [0.29, 0.717) is 12.1 Å². The molecule has 0 unspecified atom stereocenters. The van der Waals surface area contributed by atoms with Crippen LogP contribution in [0.1, 0.15) is 34.6 Å². The van der Waals surface area contributed by atoms with Gasteiger partial charge in [0.05, 0.1) is 6.54 Å². The van der Waals surface area contributed by atoms with Gasteiger partial charge in [0.2, 0.25) is 0 Å². The van der Waals surface area contributed by atoms with Crippen LogP contribution in [-0.4, -0.2) is 22.0 Å². The Morgan fingerprint density at radius 2 is 2.10 bits per heavy atom. The first-order valence-corrected chi connectivity index (χ1v) is 7.50. The van der Waals surface area contributed by atoms with Gasteiger partial charge >= 0.3 is 0 Å². The standard InChI is InChI=1S/C16H19NO2S/c1-11(2)17(10-14-5-4-8-20-14)16(19)13-6-7-15(18)12(3)9-13/h4-9,11,18H,10H2,1-3H3. The fraction of sp³-hybridized carbons (Fsp3) is 0.312. The van der Waals surface area contributed by atoms with E-state index >= 15 is 0 Å². The topological polar surface area (TPSA) is 40.5 Å². The van der Waals surface area contributed by atoms with E-state index in [2.05, 4.69) is 0 Å². The number of aryl methyl sites for hydroxylation is 1. The van der Waals surface area contributed by atoms with Gasteiger partial charge in [0, 0.05) is 16.5 Å². The Labute approximate surface area is 123 Å². The fourth-order valence-electron chi connectivity index (χ4n) is 2.01. The van der Waals surface area contributed by atoms with Crippen LogP contribution in [0.3, 0.4) is 0 Å². The summed E-state index contributed by atoms with van der Waals surface area (Å²) >= 11 is 1.65. The molecule has 1 N–H and O–H groups in total. The number of phenols is 1. The Morgan fingerprint density at radius 1 is 1.35 bits per heavy atom. The lowest BCUT2D eigenvalue weighted by Crippen LogP contribution is -2.36. The van der Waals surface area contributed by atoms with Gasteiger partial charge in [0.15, 0.2) is 0 Å². The summed E-state index contributed by atoms with van der Waals surface area (Å²) < 4.78 is 0. The molecular weight excluding hydrogens is 270 g/mol. The van der Waals surface area contributed by atoms with Crippen molar-refractivity contribution in [3.8, 4) is 5.75 Å². The van der Waals surface area contributed by atoms with Crippen LogP contribution in [0.25, 0.3) is 0 Å². The third-order valence-corrected chi connectivity index (χ3v) is 4.10. The number of thiophene rings is 1. The molecule has 106 valence electrons. The van der Waals surface area contributed by atoms with E-state index in [1.54, 1.807) is 36.5 Å². The summed E-state index contributed by atoms with van der Waals surface area (Å²) in [5.41, 5.74) is 1.33. The maximum absolute atomic E-state index is 12.6. The first kappa shape index (κ1) is 14.6. The first-order chi connectivity index (χ1) is 9.49. The second kappa shape index (κ2) is 6.09. The average Bonchev–Trinajstić information content (AvgIpc) is 2.91. The molecule has 2 aromatic rings. The van der Waals surface area contributed by atoms with Gasteiger partial charge in [-0.1, -0.05) is 6.07 Å². The Balaban J connectivity index is 2.24. The maximum atomic E-state index is 12.6. The zero-order valence-corrected chi connectivity index (χ0v) is 12.8. The summed E-state index contributed by atoms with van der Waals surface area (Å²) in [6.07, 6.45) is 0. The lowest BCUT2D eigenvalue weighted by Gasteiger charge is -2.26. The van der Waals surface area contributed by atoms with Crippen molar-refractivity contribution in [1.82, 2.24) is 4.90 Å². The van der Waals surface area contributed by atoms with Crippen LogP contribution in [0.2, 0.25) is 0 Å². The van der Waals surface area contributed by atoms with Crippen molar-refractivity contribution in [2.45, 2.75) is 33.4 Å². The highest BCUT2D eigenvalue weighted by Gasteiger charge is 2.20. The highest BCUT2D eigenvalue weighted by molar-refractivity contribution is 7.09. The third kappa shape index (κ3) is 3.20. The van der Waals surface area contributed by atoms with Crippen molar-refractivity contribution in [2.75, 3.05) is 0 Å². The van der Waals surface area contributed by atoms with Crippen molar-refractivity contribution >= 4 is 17.2 Å². The summed E-state index contributed by atoms with van der Waals surface area (Å²) in [5.74, 6) is 0.215. The van der Waals surface area contributed by atoms with Crippen LogP contribution in [0.4, 0.5) is 0 Å². The minimum Gasteiger partial charge on any atom is -0.508 e. The number of rotatable bonds is 4. The number of nitrogens with zero attached hydrogens (tertiary/aromatic N) is 1. The van der Waals surface area contributed by atoms with E-state index in [9.17, 15) is 9.90 Å². The molecule has 1 aromatic carbocycles. The van der Waals surface area contributed by atoms with E-state index in [4.69, 9.17) is 0 Å². The second-order valence-corrected chi connectivity index (χ2v) is 6.14. The Bertz CT molecular complexity index is 591. The molecule has 0 fully saturated rings. The second-order valence-electron chi connectivity index (χ2n) is 5.11. The monoisotopic (exact) mass is 289 g/mol. The molecule has 0 aliphatic heterocycles. The van der Waals surface area contributed by atoms with Crippen molar-refractivity contribution in [2.24, 2.45) is 0 Å². The predicted molar refractivity (Wildman–Crippen MR) is 82.2 cm³/mol. The summed E-state index contributed by atoms with van der Waals surface area (Å²) in [7, 11) is 0. The van der Waals surface area contributed by atoms with Crippen molar-refractivity contribution in [1.29, 1.82) is 0 Å². The Kier molecular flexibility index (Phi) is 4.45. The number of hydrogen-bond donors (Lipinski definition) is 1. The van der Waals surface area contributed by atoms with Crippen LogP contribution >= 0.6 is 11.3 Å². The zero-order chi connectivity index (χ0) is 14.7. The normalized spacial score (nSPS) is 10.8. The molecule has 1 aromatic heterocycles. The number of carbonyl (C=O) groups is 1. The highest BCUT2D eigenvalue weighted by Crippen LogP contribution is 2.21. The molecule has 0 spiro atoms. The van der Waals surface area contributed by atoms with Gasteiger partial charge in [-0.15, -0.1) is 11.3 Å². The van der Waals surface area contributed by atoms with Gasteiger partial charge in [0.1, 0.15) is 5.75 Å². The van der Waals surface area contributed by atoms with Crippen molar-refractivity contribution in [3.05, 3.63) is 51.7 Å². The molecule has 0 aliphatic carbocycles. The maximum Gasteiger partial charge on any atom is 0.254 e. The summed E-state index contributed by atoms with van der Waals surface area (Å²) in [5, 5.41) is 11.6. The lowest BCUT2D eigenvalue weighted by molar-refractivity contribution is 0.0692. The van der Waals surface area contributed by atoms with Crippen LogP contribution in [0.15, 0.2) is 35.7 Å². The molecule has 4 heteroatoms. The molecule has 0 atom stereocenters. The van der Waals surface area contributed by atoms with E-state index in [-0.39, 0.29) is 17.7 Å². The molecule has 20 heavy (non-hydrogen) atoms. The predicted octanol–water partition coefficient (Wildman–Crippen LogP) is 3.81. The average molecular weight is 289 g/mol. The van der Waals surface area contributed by atoms with Gasteiger partial charge in [-0.2, -0.15) is 0 Å². The number of carbonyl (C=O) groups excluding carboxylic acids is 1. The summed E-state index contributed by atoms with van der Waals surface area (Å²) in [6, 6.07) is 9.14. The van der Waals surface area contributed by atoms with Gasteiger partial charge < -0.3 is 10.0 Å². The van der Waals surface area contributed by atoms with Gasteiger partial charge in [-0.3, -0.25) is 4.79 Å². The molecule has 0 aliphatic rings. The van der Waals surface area contributed by atoms with Crippen LogP contribution in [0, 0.1) is 6.92 Å². The number of hydrogen-bond acceptors (Lipinski definition) is 3. The highest BCUT2D eigenvalue weighted by atomic mass is 32.1. The molecule has 3 nitrogen and oxygen atoms in total.